The second-order valence-corrected chi connectivity index (χ2v) is 3.37. The van der Waals surface area contributed by atoms with Crippen molar-refractivity contribution in [2.45, 2.75) is 13.8 Å². The van der Waals surface area contributed by atoms with Gasteiger partial charge in [0, 0.05) is 19.7 Å². The van der Waals surface area contributed by atoms with E-state index in [1.165, 1.54) is 6.33 Å². The van der Waals surface area contributed by atoms with Crippen LogP contribution in [-0.4, -0.2) is 48.2 Å². The second kappa shape index (κ2) is 7.00. The fraction of sp³-hybridized carbons (Fsp3) is 0.636. The van der Waals surface area contributed by atoms with E-state index < -0.39 is 0 Å². The number of rotatable bonds is 7. The van der Waals surface area contributed by atoms with Crippen LogP contribution in [0, 0.1) is 0 Å². The van der Waals surface area contributed by atoms with Gasteiger partial charge in [-0.05, 0) is 13.1 Å². The van der Waals surface area contributed by atoms with Crippen molar-refractivity contribution in [1.29, 1.82) is 0 Å². The lowest BCUT2D eigenvalue weighted by atomic mass is 10.5. The van der Waals surface area contributed by atoms with Gasteiger partial charge < -0.3 is 15.0 Å². The van der Waals surface area contributed by atoms with E-state index in [0.717, 1.165) is 25.5 Å². The predicted molar refractivity (Wildman–Crippen MR) is 64.9 cm³/mol. The summed E-state index contributed by atoms with van der Waals surface area (Å²) in [4.78, 5) is 10.4. The van der Waals surface area contributed by atoms with E-state index >= 15 is 0 Å². The number of ether oxygens (including phenoxy) is 1. The fourth-order valence-electron chi connectivity index (χ4n) is 1.37. The molecule has 1 heterocycles. The van der Waals surface area contributed by atoms with Crippen LogP contribution in [0.15, 0.2) is 12.4 Å². The Balaban J connectivity index is 2.36. The largest absolute Gasteiger partial charge is 0.476 e. The molecule has 0 bridgehead atoms. The van der Waals surface area contributed by atoms with Crippen molar-refractivity contribution in [2.24, 2.45) is 0 Å². The van der Waals surface area contributed by atoms with Crippen LogP contribution in [-0.2, 0) is 0 Å². The number of hydrogen-bond donors (Lipinski definition) is 1. The third kappa shape index (κ3) is 4.02. The van der Waals surface area contributed by atoms with E-state index in [-0.39, 0.29) is 0 Å². The molecule has 0 unspecified atom stereocenters. The molecule has 1 rings (SSSR count). The summed E-state index contributed by atoms with van der Waals surface area (Å²) in [6, 6.07) is 1.79. The number of hydrogen-bond acceptors (Lipinski definition) is 5. The molecule has 0 aliphatic rings. The smallest absolute Gasteiger partial charge is 0.218 e. The zero-order valence-electron chi connectivity index (χ0n) is 10.2. The average Bonchev–Trinajstić information content (AvgIpc) is 2.35. The number of nitrogens with one attached hydrogen (secondary N) is 1. The van der Waals surface area contributed by atoms with E-state index in [2.05, 4.69) is 34.0 Å². The van der Waals surface area contributed by atoms with Gasteiger partial charge in [-0.2, -0.15) is 0 Å². The molecule has 1 N–H and O–H groups in total. The number of aromatic nitrogens is 2. The molecule has 5 nitrogen and oxygen atoms in total. The molecule has 0 aromatic carbocycles. The monoisotopic (exact) mass is 224 g/mol. The van der Waals surface area contributed by atoms with E-state index in [4.69, 9.17) is 4.74 Å². The summed E-state index contributed by atoms with van der Waals surface area (Å²) in [7, 11) is 1.82. The summed E-state index contributed by atoms with van der Waals surface area (Å²) in [5, 5.41) is 2.95. The highest BCUT2D eigenvalue weighted by molar-refractivity contribution is 5.35. The Labute approximate surface area is 96.8 Å². The zero-order chi connectivity index (χ0) is 11.8. The topological polar surface area (TPSA) is 50.3 Å². The summed E-state index contributed by atoms with van der Waals surface area (Å²) in [5.41, 5.74) is 0. The van der Waals surface area contributed by atoms with E-state index in [0.29, 0.717) is 12.5 Å². The first-order valence-corrected chi connectivity index (χ1v) is 5.65. The molecule has 1 aromatic rings. The lowest BCUT2D eigenvalue weighted by Gasteiger charge is -2.17. The minimum Gasteiger partial charge on any atom is -0.476 e. The van der Waals surface area contributed by atoms with Crippen LogP contribution in [0.2, 0.25) is 0 Å². The molecule has 0 saturated heterocycles. The first-order chi connectivity index (χ1) is 7.80. The normalized spacial score (nSPS) is 10.5. The number of nitrogens with zero attached hydrogens (tertiary/aromatic N) is 3. The van der Waals surface area contributed by atoms with Crippen LogP contribution in [0.1, 0.15) is 13.8 Å². The molecule has 0 radical (unpaired) electrons. The maximum atomic E-state index is 5.55. The molecule has 0 spiro atoms. The van der Waals surface area contributed by atoms with Crippen molar-refractivity contribution in [3.63, 3.8) is 0 Å². The minimum absolute atomic E-state index is 0.617. The van der Waals surface area contributed by atoms with Gasteiger partial charge in [-0.25, -0.2) is 9.97 Å². The van der Waals surface area contributed by atoms with E-state index in [1.54, 1.807) is 6.07 Å². The van der Waals surface area contributed by atoms with Crippen LogP contribution in [0.5, 0.6) is 5.88 Å². The molecular weight excluding hydrogens is 204 g/mol. The third-order valence-corrected chi connectivity index (χ3v) is 2.45. The van der Waals surface area contributed by atoms with Gasteiger partial charge in [0.2, 0.25) is 5.88 Å². The molecule has 1 aromatic heterocycles. The Hall–Kier alpha value is -1.36. The summed E-state index contributed by atoms with van der Waals surface area (Å²) in [6.45, 7) is 7.96. The Bertz CT molecular complexity index is 302. The van der Waals surface area contributed by atoms with Gasteiger partial charge in [0.05, 0.1) is 0 Å². The van der Waals surface area contributed by atoms with Crippen molar-refractivity contribution < 1.29 is 4.74 Å². The Morgan fingerprint density at radius 3 is 2.69 bits per heavy atom. The molecule has 0 amide bonds. The van der Waals surface area contributed by atoms with Crippen molar-refractivity contribution in [3.8, 4) is 5.88 Å². The molecule has 16 heavy (non-hydrogen) atoms. The minimum atomic E-state index is 0.617. The maximum absolute atomic E-state index is 5.55. The summed E-state index contributed by atoms with van der Waals surface area (Å²) in [5.74, 6) is 1.39. The summed E-state index contributed by atoms with van der Waals surface area (Å²) >= 11 is 0. The highest BCUT2D eigenvalue weighted by Crippen LogP contribution is 2.09. The third-order valence-electron chi connectivity index (χ3n) is 2.45. The molecule has 0 aliphatic heterocycles. The molecule has 0 fully saturated rings. The summed E-state index contributed by atoms with van der Waals surface area (Å²) < 4.78 is 5.55. The van der Waals surface area contributed by atoms with Gasteiger partial charge in [-0.15, -0.1) is 0 Å². The van der Waals surface area contributed by atoms with E-state index in [9.17, 15) is 0 Å². The fourth-order valence-corrected chi connectivity index (χ4v) is 1.37. The molecule has 0 atom stereocenters. The molecule has 0 aliphatic carbocycles. The van der Waals surface area contributed by atoms with Gasteiger partial charge in [-0.1, -0.05) is 13.8 Å². The Morgan fingerprint density at radius 2 is 2.06 bits per heavy atom. The molecule has 90 valence electrons. The lowest BCUT2D eigenvalue weighted by Crippen LogP contribution is -2.28. The van der Waals surface area contributed by atoms with Crippen LogP contribution >= 0.6 is 0 Å². The molecular formula is C11H20N4O. The molecule has 0 saturated carbocycles. The van der Waals surface area contributed by atoms with Crippen molar-refractivity contribution in [1.82, 2.24) is 14.9 Å². The van der Waals surface area contributed by atoms with Gasteiger partial charge in [0.25, 0.3) is 0 Å². The highest BCUT2D eigenvalue weighted by Gasteiger charge is 2.01. The van der Waals surface area contributed by atoms with Crippen molar-refractivity contribution in [2.75, 3.05) is 38.6 Å². The maximum Gasteiger partial charge on any atom is 0.218 e. The number of anilines is 1. The van der Waals surface area contributed by atoms with Crippen LogP contribution in [0.3, 0.4) is 0 Å². The number of likely N-dealkylation sites (N-methyl/N-ethyl adjacent to an activating group) is 1. The van der Waals surface area contributed by atoms with Gasteiger partial charge >= 0.3 is 0 Å². The van der Waals surface area contributed by atoms with Crippen LogP contribution in [0.25, 0.3) is 0 Å². The van der Waals surface area contributed by atoms with Crippen molar-refractivity contribution >= 4 is 5.82 Å². The van der Waals surface area contributed by atoms with Gasteiger partial charge in [0.15, 0.2) is 0 Å². The van der Waals surface area contributed by atoms with Gasteiger partial charge in [0.1, 0.15) is 18.8 Å². The quantitative estimate of drug-likeness (QED) is 0.755. The first kappa shape index (κ1) is 12.7. The molecule has 5 heteroatoms. The van der Waals surface area contributed by atoms with Crippen LogP contribution in [0.4, 0.5) is 5.82 Å². The van der Waals surface area contributed by atoms with E-state index in [1.807, 2.05) is 7.05 Å². The average molecular weight is 224 g/mol. The van der Waals surface area contributed by atoms with Crippen molar-refractivity contribution in [3.05, 3.63) is 12.4 Å². The van der Waals surface area contributed by atoms with Gasteiger partial charge in [-0.3, -0.25) is 0 Å². The Morgan fingerprint density at radius 1 is 1.31 bits per heavy atom. The lowest BCUT2D eigenvalue weighted by molar-refractivity contribution is 0.218. The Kier molecular flexibility index (Phi) is 5.56. The standard InChI is InChI=1S/C11H20N4O/c1-4-15(5-2)6-7-16-11-8-10(12-3)13-9-14-11/h8-9H,4-7H2,1-3H3,(H,12,13,14). The predicted octanol–water partition coefficient (Wildman–Crippen LogP) is 1.24. The highest BCUT2D eigenvalue weighted by atomic mass is 16.5. The summed E-state index contributed by atoms with van der Waals surface area (Å²) in [6.07, 6.45) is 1.50. The SMILES string of the molecule is CCN(CC)CCOc1cc(NC)ncn1. The zero-order valence-corrected chi connectivity index (χ0v) is 10.2. The second-order valence-electron chi connectivity index (χ2n) is 3.37. The van der Waals surface area contributed by atoms with Crippen LogP contribution < -0.4 is 10.1 Å². The first-order valence-electron chi connectivity index (χ1n) is 5.65.